The summed E-state index contributed by atoms with van der Waals surface area (Å²) in [5.41, 5.74) is 1.06. The van der Waals surface area contributed by atoms with E-state index in [-0.39, 0.29) is 0 Å². The van der Waals surface area contributed by atoms with Crippen molar-refractivity contribution in [2.45, 2.75) is 26.8 Å². The number of terminal acetylenes is 1. The van der Waals surface area contributed by atoms with Gasteiger partial charge >= 0.3 is 0 Å². The van der Waals surface area contributed by atoms with Crippen molar-refractivity contribution in [2.24, 2.45) is 0 Å². The predicted molar refractivity (Wildman–Crippen MR) is 90.5 cm³/mol. The number of benzene rings is 1. The first-order chi connectivity index (χ1) is 10.3. The Hall–Kier alpha value is -2.05. The fourth-order valence-corrected chi connectivity index (χ4v) is 2.46. The zero-order valence-corrected chi connectivity index (χ0v) is 12.9. The molecule has 3 nitrogen and oxygen atoms in total. The van der Waals surface area contributed by atoms with E-state index in [0.717, 1.165) is 37.6 Å². The Balaban J connectivity index is 2.49. The van der Waals surface area contributed by atoms with Crippen LogP contribution in [0.15, 0.2) is 30.3 Å². The molecule has 110 valence electrons. The molecule has 1 aromatic heterocycles. The van der Waals surface area contributed by atoms with Gasteiger partial charge in [-0.15, -0.1) is 6.42 Å². The number of hydrogen-bond acceptors (Lipinski definition) is 3. The minimum atomic E-state index is 0.593. The van der Waals surface area contributed by atoms with Gasteiger partial charge in [0.15, 0.2) is 0 Å². The van der Waals surface area contributed by atoms with Crippen LogP contribution in [0.1, 0.15) is 26.0 Å². The third-order valence-corrected chi connectivity index (χ3v) is 3.40. The second kappa shape index (κ2) is 7.66. The average molecular weight is 281 g/mol. The van der Waals surface area contributed by atoms with Crippen LogP contribution in [0.5, 0.6) is 0 Å². The molecule has 2 aromatic rings. The summed E-state index contributed by atoms with van der Waals surface area (Å²) in [5.74, 6) is 3.75. The third kappa shape index (κ3) is 3.74. The van der Waals surface area contributed by atoms with Gasteiger partial charge in [-0.3, -0.25) is 0 Å². The van der Waals surface area contributed by atoms with Gasteiger partial charge in [-0.1, -0.05) is 44.0 Å². The van der Waals surface area contributed by atoms with E-state index >= 15 is 0 Å². The van der Waals surface area contributed by atoms with Gasteiger partial charge in [0.25, 0.3) is 0 Å². The average Bonchev–Trinajstić information content (AvgIpc) is 2.52. The number of aromatic nitrogens is 1. The fourth-order valence-electron chi connectivity index (χ4n) is 2.46. The number of nitrogens with zero attached hydrogens (tertiary/aromatic N) is 2. The van der Waals surface area contributed by atoms with Crippen LogP contribution in [-0.4, -0.2) is 24.6 Å². The molecule has 2 rings (SSSR count). The highest BCUT2D eigenvalue weighted by atomic mass is 15.2. The molecule has 0 aliphatic heterocycles. The molecule has 0 fully saturated rings. The Morgan fingerprint density at radius 1 is 1.29 bits per heavy atom. The second-order valence-electron chi connectivity index (χ2n) is 5.06. The molecular weight excluding hydrogens is 258 g/mol. The van der Waals surface area contributed by atoms with E-state index in [4.69, 9.17) is 11.4 Å². The summed E-state index contributed by atoms with van der Waals surface area (Å²) in [6.07, 6.45) is 6.58. The maximum atomic E-state index is 5.53. The first-order valence-corrected chi connectivity index (χ1v) is 7.58. The first kappa shape index (κ1) is 15.3. The minimum Gasteiger partial charge on any atom is -0.345 e. The Labute approximate surface area is 127 Å². The number of hydrogen-bond donors (Lipinski definition) is 1. The van der Waals surface area contributed by atoms with Crippen molar-refractivity contribution in [3.63, 3.8) is 0 Å². The van der Waals surface area contributed by atoms with Gasteiger partial charge in [-0.2, -0.15) is 0 Å². The topological polar surface area (TPSA) is 28.2 Å². The monoisotopic (exact) mass is 281 g/mol. The SMILES string of the molecule is C#CCN(CCC)c1nc(CNCC)cc2ccccc12. The van der Waals surface area contributed by atoms with Crippen LogP contribution < -0.4 is 10.2 Å². The summed E-state index contributed by atoms with van der Waals surface area (Å²) < 4.78 is 0. The van der Waals surface area contributed by atoms with Crippen molar-refractivity contribution in [2.75, 3.05) is 24.5 Å². The second-order valence-corrected chi connectivity index (χ2v) is 5.06. The van der Waals surface area contributed by atoms with E-state index in [0.29, 0.717) is 6.54 Å². The van der Waals surface area contributed by atoms with Gasteiger partial charge in [0.05, 0.1) is 12.2 Å². The minimum absolute atomic E-state index is 0.593. The molecule has 0 saturated carbocycles. The molecule has 0 spiro atoms. The predicted octanol–water partition coefficient (Wildman–Crippen LogP) is 3.19. The highest BCUT2D eigenvalue weighted by molar-refractivity contribution is 5.92. The van der Waals surface area contributed by atoms with Gasteiger partial charge < -0.3 is 10.2 Å². The Morgan fingerprint density at radius 3 is 2.81 bits per heavy atom. The highest BCUT2D eigenvalue weighted by Crippen LogP contribution is 2.26. The van der Waals surface area contributed by atoms with E-state index in [1.807, 2.05) is 0 Å². The maximum absolute atomic E-state index is 5.53. The summed E-state index contributed by atoms with van der Waals surface area (Å²) in [7, 11) is 0. The highest BCUT2D eigenvalue weighted by Gasteiger charge is 2.12. The van der Waals surface area contributed by atoms with Crippen LogP contribution in [0.4, 0.5) is 5.82 Å². The summed E-state index contributed by atoms with van der Waals surface area (Å²) in [5, 5.41) is 5.72. The number of fused-ring (bicyclic) bond motifs is 1. The molecule has 3 heteroatoms. The Morgan fingerprint density at radius 2 is 2.10 bits per heavy atom. The molecule has 21 heavy (non-hydrogen) atoms. The van der Waals surface area contributed by atoms with Crippen molar-refractivity contribution in [3.05, 3.63) is 36.0 Å². The molecule has 0 unspecified atom stereocenters. The largest absolute Gasteiger partial charge is 0.345 e. The van der Waals surface area contributed by atoms with Crippen molar-refractivity contribution in [1.29, 1.82) is 0 Å². The van der Waals surface area contributed by atoms with Gasteiger partial charge in [0, 0.05) is 18.5 Å². The molecule has 0 aliphatic carbocycles. The molecule has 1 heterocycles. The molecule has 0 aliphatic rings. The molecular formula is C18H23N3. The molecule has 1 N–H and O–H groups in total. The quantitative estimate of drug-likeness (QED) is 0.790. The van der Waals surface area contributed by atoms with Crippen molar-refractivity contribution < 1.29 is 0 Å². The zero-order valence-electron chi connectivity index (χ0n) is 12.9. The van der Waals surface area contributed by atoms with Crippen molar-refractivity contribution in [1.82, 2.24) is 10.3 Å². The standard InChI is InChI=1S/C18H23N3/c1-4-11-21(12-5-2)18-17-10-8-7-9-15(17)13-16(20-18)14-19-6-3/h1,7-10,13,19H,5-6,11-12,14H2,2-3H3. The van der Waals surface area contributed by atoms with E-state index < -0.39 is 0 Å². The van der Waals surface area contributed by atoms with Crippen LogP contribution in [0.2, 0.25) is 0 Å². The van der Waals surface area contributed by atoms with E-state index in [9.17, 15) is 0 Å². The number of anilines is 1. The third-order valence-electron chi connectivity index (χ3n) is 3.40. The van der Waals surface area contributed by atoms with E-state index in [2.05, 4.69) is 60.3 Å². The van der Waals surface area contributed by atoms with Crippen LogP contribution in [0.25, 0.3) is 10.8 Å². The number of nitrogens with one attached hydrogen (secondary N) is 1. The van der Waals surface area contributed by atoms with Crippen LogP contribution in [0, 0.1) is 12.3 Å². The fraction of sp³-hybridized carbons (Fsp3) is 0.389. The van der Waals surface area contributed by atoms with Crippen LogP contribution in [0.3, 0.4) is 0 Å². The van der Waals surface area contributed by atoms with Gasteiger partial charge in [-0.05, 0) is 24.4 Å². The maximum Gasteiger partial charge on any atom is 0.137 e. The lowest BCUT2D eigenvalue weighted by atomic mass is 10.1. The van der Waals surface area contributed by atoms with Crippen LogP contribution in [-0.2, 0) is 6.54 Å². The summed E-state index contributed by atoms with van der Waals surface area (Å²) in [6, 6.07) is 10.5. The van der Waals surface area contributed by atoms with Gasteiger partial charge in [0.2, 0.25) is 0 Å². The summed E-state index contributed by atoms with van der Waals surface area (Å²) in [6.45, 7) is 7.50. The van der Waals surface area contributed by atoms with Crippen LogP contribution >= 0.6 is 0 Å². The number of rotatable bonds is 7. The first-order valence-electron chi connectivity index (χ1n) is 7.58. The van der Waals surface area contributed by atoms with Gasteiger partial charge in [-0.25, -0.2) is 4.98 Å². The zero-order chi connectivity index (χ0) is 15.1. The van der Waals surface area contributed by atoms with E-state index in [1.54, 1.807) is 0 Å². The molecule has 0 atom stereocenters. The normalized spacial score (nSPS) is 10.5. The van der Waals surface area contributed by atoms with E-state index in [1.165, 1.54) is 10.8 Å². The smallest absolute Gasteiger partial charge is 0.137 e. The molecule has 0 saturated heterocycles. The molecule has 0 amide bonds. The lowest BCUT2D eigenvalue weighted by Gasteiger charge is -2.23. The summed E-state index contributed by atoms with van der Waals surface area (Å²) in [4.78, 5) is 7.04. The van der Waals surface area contributed by atoms with Crippen molar-refractivity contribution in [3.8, 4) is 12.3 Å². The van der Waals surface area contributed by atoms with Crippen molar-refractivity contribution >= 4 is 16.6 Å². The Bertz CT molecular complexity index is 628. The number of pyridine rings is 1. The summed E-state index contributed by atoms with van der Waals surface area (Å²) >= 11 is 0. The lowest BCUT2D eigenvalue weighted by molar-refractivity contribution is 0.708. The Kier molecular flexibility index (Phi) is 5.59. The molecule has 0 radical (unpaired) electrons. The lowest BCUT2D eigenvalue weighted by Crippen LogP contribution is -2.26. The molecule has 0 bridgehead atoms. The molecule has 1 aromatic carbocycles. The van der Waals surface area contributed by atoms with Gasteiger partial charge in [0.1, 0.15) is 5.82 Å².